The Bertz CT molecular complexity index is 125. The second-order valence-corrected chi connectivity index (χ2v) is 2.27. The molecule has 0 bridgehead atoms. The van der Waals surface area contributed by atoms with Crippen LogP contribution in [0.5, 0.6) is 0 Å². The lowest BCUT2D eigenvalue weighted by Gasteiger charge is -2.13. The number of nitrogens with two attached hydrogens (primary N) is 1. The van der Waals surface area contributed by atoms with Crippen molar-refractivity contribution in [3.8, 4) is 0 Å². The van der Waals surface area contributed by atoms with Gasteiger partial charge in [0.15, 0.2) is 0 Å². The highest BCUT2D eigenvalue weighted by Crippen LogP contribution is 2.12. The SMILES string of the molecule is CCCCC(N)(F)C(=O)O. The summed E-state index contributed by atoms with van der Waals surface area (Å²) < 4.78 is 12.6. The maximum atomic E-state index is 12.6. The molecule has 1 unspecified atom stereocenters. The first-order chi connectivity index (χ1) is 4.50. The summed E-state index contributed by atoms with van der Waals surface area (Å²) >= 11 is 0. The van der Waals surface area contributed by atoms with E-state index in [1.165, 1.54) is 0 Å². The molecule has 0 aliphatic heterocycles. The molecule has 4 heteroatoms. The first-order valence-corrected chi connectivity index (χ1v) is 3.22. The minimum atomic E-state index is -2.53. The number of halogens is 1. The van der Waals surface area contributed by atoms with Gasteiger partial charge in [0, 0.05) is 6.42 Å². The van der Waals surface area contributed by atoms with E-state index >= 15 is 0 Å². The van der Waals surface area contributed by atoms with Crippen molar-refractivity contribution in [3.05, 3.63) is 0 Å². The normalized spacial score (nSPS) is 16.3. The highest BCUT2D eigenvalue weighted by atomic mass is 19.1. The number of carboxylic acids is 1. The maximum Gasteiger partial charge on any atom is 0.356 e. The highest BCUT2D eigenvalue weighted by Gasteiger charge is 2.32. The van der Waals surface area contributed by atoms with Gasteiger partial charge in [-0.05, 0) is 6.42 Å². The van der Waals surface area contributed by atoms with Crippen LogP contribution < -0.4 is 5.73 Å². The highest BCUT2D eigenvalue weighted by molar-refractivity contribution is 5.76. The van der Waals surface area contributed by atoms with Crippen molar-refractivity contribution in [1.29, 1.82) is 0 Å². The molecule has 0 fully saturated rings. The summed E-state index contributed by atoms with van der Waals surface area (Å²) in [7, 11) is 0. The molecular formula is C6H12FNO2. The third-order valence-electron chi connectivity index (χ3n) is 1.25. The Morgan fingerprint density at radius 3 is 2.60 bits per heavy atom. The summed E-state index contributed by atoms with van der Waals surface area (Å²) in [6, 6.07) is 0. The van der Waals surface area contributed by atoms with E-state index in [9.17, 15) is 9.18 Å². The number of carbonyl (C=O) groups is 1. The van der Waals surface area contributed by atoms with Crippen LogP contribution in [0, 0.1) is 0 Å². The third kappa shape index (κ3) is 2.77. The number of unbranched alkanes of at least 4 members (excludes halogenated alkanes) is 1. The average molecular weight is 149 g/mol. The van der Waals surface area contributed by atoms with Gasteiger partial charge in [0.2, 0.25) is 0 Å². The number of alkyl halides is 1. The molecule has 0 aliphatic carbocycles. The molecule has 60 valence electrons. The van der Waals surface area contributed by atoms with E-state index in [0.717, 1.165) is 6.42 Å². The predicted octanol–water partition coefficient (Wildman–Crippen LogP) is 0.886. The molecule has 0 amide bonds. The molecule has 0 spiro atoms. The summed E-state index contributed by atoms with van der Waals surface area (Å²) in [6.45, 7) is 1.85. The summed E-state index contributed by atoms with van der Waals surface area (Å²) in [4.78, 5) is 10.0. The van der Waals surface area contributed by atoms with Crippen molar-refractivity contribution >= 4 is 5.97 Å². The van der Waals surface area contributed by atoms with Gasteiger partial charge in [-0.1, -0.05) is 13.3 Å². The number of carboxylic acid groups (broad SMARTS) is 1. The second-order valence-electron chi connectivity index (χ2n) is 2.27. The van der Waals surface area contributed by atoms with Crippen LogP contribution in [0.15, 0.2) is 0 Å². The van der Waals surface area contributed by atoms with Crippen LogP contribution in [0.4, 0.5) is 4.39 Å². The summed E-state index contributed by atoms with van der Waals surface area (Å²) in [5.74, 6) is -4.11. The second kappa shape index (κ2) is 3.51. The van der Waals surface area contributed by atoms with Gasteiger partial charge < -0.3 is 5.11 Å². The molecule has 0 aromatic carbocycles. The zero-order valence-corrected chi connectivity index (χ0v) is 5.93. The number of hydrogen-bond acceptors (Lipinski definition) is 2. The van der Waals surface area contributed by atoms with Crippen LogP contribution in [0.25, 0.3) is 0 Å². The number of hydrogen-bond donors (Lipinski definition) is 2. The molecule has 3 N–H and O–H groups in total. The number of aliphatic carboxylic acids is 1. The standard InChI is InChI=1S/C6H12FNO2/c1-2-3-4-6(7,8)5(9)10/h2-4,8H2,1H3,(H,9,10). The molecular weight excluding hydrogens is 137 g/mol. The van der Waals surface area contributed by atoms with Crippen LogP contribution >= 0.6 is 0 Å². The topological polar surface area (TPSA) is 63.3 Å². The average Bonchev–Trinajstić information content (AvgIpc) is 1.84. The van der Waals surface area contributed by atoms with E-state index < -0.39 is 11.8 Å². The zero-order valence-electron chi connectivity index (χ0n) is 5.93. The molecule has 0 saturated carbocycles. The molecule has 0 aromatic rings. The van der Waals surface area contributed by atoms with E-state index in [2.05, 4.69) is 0 Å². The quantitative estimate of drug-likeness (QED) is 0.583. The van der Waals surface area contributed by atoms with E-state index in [1.807, 2.05) is 6.92 Å². The lowest BCUT2D eigenvalue weighted by Crippen LogP contribution is -2.43. The van der Waals surface area contributed by atoms with E-state index in [0.29, 0.717) is 6.42 Å². The zero-order chi connectivity index (χ0) is 8.20. The van der Waals surface area contributed by atoms with E-state index in [4.69, 9.17) is 10.8 Å². The summed E-state index contributed by atoms with van der Waals surface area (Å²) in [6.07, 6.45) is 1.13. The first kappa shape index (κ1) is 9.36. The molecule has 0 heterocycles. The Morgan fingerprint density at radius 2 is 2.30 bits per heavy atom. The van der Waals surface area contributed by atoms with Crippen molar-refractivity contribution in [2.45, 2.75) is 32.0 Å². The minimum absolute atomic E-state index is 0.112. The van der Waals surface area contributed by atoms with Crippen molar-refractivity contribution < 1.29 is 14.3 Å². The fourth-order valence-electron chi connectivity index (χ4n) is 0.541. The number of rotatable bonds is 4. The third-order valence-corrected chi connectivity index (χ3v) is 1.25. The van der Waals surface area contributed by atoms with Gasteiger partial charge in [0.1, 0.15) is 0 Å². The van der Waals surface area contributed by atoms with Crippen LogP contribution in [0.1, 0.15) is 26.2 Å². The monoisotopic (exact) mass is 149 g/mol. The smallest absolute Gasteiger partial charge is 0.356 e. The van der Waals surface area contributed by atoms with Crippen LogP contribution in [0.2, 0.25) is 0 Å². The molecule has 0 aromatic heterocycles. The predicted molar refractivity (Wildman–Crippen MR) is 35.2 cm³/mol. The molecule has 0 aliphatic rings. The van der Waals surface area contributed by atoms with Gasteiger partial charge in [-0.25, -0.2) is 9.18 Å². The van der Waals surface area contributed by atoms with Gasteiger partial charge in [-0.15, -0.1) is 0 Å². The molecule has 0 radical (unpaired) electrons. The van der Waals surface area contributed by atoms with Crippen molar-refractivity contribution in [2.24, 2.45) is 5.73 Å². The summed E-state index contributed by atoms with van der Waals surface area (Å²) in [5.41, 5.74) is 4.78. The van der Waals surface area contributed by atoms with Crippen LogP contribution in [0.3, 0.4) is 0 Å². The van der Waals surface area contributed by atoms with Crippen molar-refractivity contribution in [2.75, 3.05) is 0 Å². The Kier molecular flexibility index (Phi) is 3.28. The molecule has 0 rings (SSSR count). The van der Waals surface area contributed by atoms with Gasteiger partial charge in [-0.2, -0.15) is 0 Å². The van der Waals surface area contributed by atoms with Crippen LogP contribution in [-0.4, -0.2) is 16.9 Å². The molecule has 0 saturated heterocycles. The van der Waals surface area contributed by atoms with Gasteiger partial charge >= 0.3 is 5.97 Å². The fourth-order valence-corrected chi connectivity index (χ4v) is 0.541. The van der Waals surface area contributed by atoms with E-state index in [1.54, 1.807) is 0 Å². The lowest BCUT2D eigenvalue weighted by molar-refractivity contribution is -0.151. The Morgan fingerprint density at radius 1 is 1.80 bits per heavy atom. The molecule has 10 heavy (non-hydrogen) atoms. The molecule has 1 atom stereocenters. The van der Waals surface area contributed by atoms with Crippen molar-refractivity contribution in [1.82, 2.24) is 0 Å². The summed E-state index contributed by atoms with van der Waals surface area (Å²) in [5, 5.41) is 8.17. The Labute approximate surface area is 59.0 Å². The molecule has 3 nitrogen and oxygen atoms in total. The van der Waals surface area contributed by atoms with E-state index in [-0.39, 0.29) is 6.42 Å². The lowest BCUT2D eigenvalue weighted by atomic mass is 10.1. The van der Waals surface area contributed by atoms with Crippen LogP contribution in [-0.2, 0) is 4.79 Å². The van der Waals surface area contributed by atoms with Gasteiger partial charge in [-0.3, -0.25) is 5.73 Å². The van der Waals surface area contributed by atoms with Crippen molar-refractivity contribution in [3.63, 3.8) is 0 Å². The first-order valence-electron chi connectivity index (χ1n) is 3.22. The van der Waals surface area contributed by atoms with Gasteiger partial charge in [0.05, 0.1) is 0 Å². The maximum absolute atomic E-state index is 12.6. The Balaban J connectivity index is 3.75. The van der Waals surface area contributed by atoms with Gasteiger partial charge in [0.25, 0.3) is 5.79 Å². The largest absolute Gasteiger partial charge is 0.478 e. The fraction of sp³-hybridized carbons (Fsp3) is 0.833. The minimum Gasteiger partial charge on any atom is -0.478 e. The Hall–Kier alpha value is -0.640.